The van der Waals surface area contributed by atoms with Gasteiger partial charge in [-0.3, -0.25) is 0 Å². The highest BCUT2D eigenvalue weighted by Crippen LogP contribution is 2.47. The fourth-order valence-corrected chi connectivity index (χ4v) is 2.58. The first-order valence-corrected chi connectivity index (χ1v) is 7.91. The third kappa shape index (κ3) is 4.48. The molecule has 0 atom stereocenters. The van der Waals surface area contributed by atoms with Crippen LogP contribution in [-0.2, 0) is 0 Å². The molecule has 0 aliphatic rings. The minimum atomic E-state index is -5.94. The summed E-state index contributed by atoms with van der Waals surface area (Å²) in [5, 5.41) is 0. The lowest BCUT2D eigenvalue weighted by molar-refractivity contribution is -0.415. The average Bonchev–Trinajstić information content (AvgIpc) is 2.43. The predicted octanol–water partition coefficient (Wildman–Crippen LogP) is 6.20. The topological polar surface area (TPSA) is 18.5 Å². The van der Waals surface area contributed by atoms with Crippen molar-refractivity contribution in [1.29, 1.82) is 0 Å². The average molecular weight is 392 g/mol. The highest BCUT2D eigenvalue weighted by molar-refractivity contribution is 5.34. The van der Waals surface area contributed by atoms with Gasteiger partial charge in [0.25, 0.3) is 0 Å². The van der Waals surface area contributed by atoms with E-state index in [4.69, 9.17) is 0 Å². The van der Waals surface area contributed by atoms with Gasteiger partial charge in [0.2, 0.25) is 0 Å². The number of halogens is 6. The number of aryl methyl sites for hydroxylation is 4. The van der Waals surface area contributed by atoms with Gasteiger partial charge in [-0.15, -0.1) is 0 Å². The molecule has 2 aromatic carbocycles. The van der Waals surface area contributed by atoms with Crippen molar-refractivity contribution < 1.29 is 35.8 Å². The first kappa shape index (κ1) is 20.9. The highest BCUT2D eigenvalue weighted by Gasteiger charge is 2.77. The number of benzene rings is 2. The molecule has 0 N–H and O–H groups in total. The van der Waals surface area contributed by atoms with E-state index in [0.717, 1.165) is 24.3 Å². The molecule has 0 heterocycles. The molecular formula is C19H18F6O2. The van der Waals surface area contributed by atoms with Gasteiger partial charge < -0.3 is 9.47 Å². The zero-order valence-electron chi connectivity index (χ0n) is 15.0. The maximum Gasteiger partial charge on any atom is 0.475 e. The van der Waals surface area contributed by atoms with Crippen LogP contribution in [0.25, 0.3) is 0 Å². The lowest BCUT2D eigenvalue weighted by Gasteiger charge is -2.31. The van der Waals surface area contributed by atoms with Gasteiger partial charge in [0.15, 0.2) is 0 Å². The van der Waals surface area contributed by atoms with Crippen molar-refractivity contribution in [1.82, 2.24) is 0 Å². The summed E-state index contributed by atoms with van der Waals surface area (Å²) in [6.45, 7) is 6.09. The lowest BCUT2D eigenvalue weighted by atomic mass is 10.1. The van der Waals surface area contributed by atoms with Crippen LogP contribution < -0.4 is 9.47 Å². The molecule has 0 aromatic heterocycles. The van der Waals surface area contributed by atoms with E-state index in [1.54, 1.807) is 12.1 Å². The van der Waals surface area contributed by atoms with Crippen LogP contribution >= 0.6 is 0 Å². The molecule has 0 radical (unpaired) electrons. The largest absolute Gasteiger partial charge is 0.475 e. The van der Waals surface area contributed by atoms with E-state index in [1.165, 1.54) is 27.7 Å². The Labute approximate surface area is 152 Å². The Kier molecular flexibility index (Phi) is 5.41. The zero-order valence-corrected chi connectivity index (χ0v) is 15.0. The van der Waals surface area contributed by atoms with Gasteiger partial charge >= 0.3 is 18.1 Å². The lowest BCUT2D eigenvalue weighted by Crippen LogP contribution is -2.59. The number of ether oxygens (including phenoxy) is 2. The molecule has 0 saturated carbocycles. The summed E-state index contributed by atoms with van der Waals surface area (Å²) >= 11 is 0. The predicted molar refractivity (Wildman–Crippen MR) is 87.9 cm³/mol. The fourth-order valence-electron chi connectivity index (χ4n) is 2.58. The molecule has 0 saturated heterocycles. The second-order valence-electron chi connectivity index (χ2n) is 6.46. The molecule has 0 spiro atoms. The zero-order chi connectivity index (χ0) is 20.6. The van der Waals surface area contributed by atoms with E-state index in [0.29, 0.717) is 22.3 Å². The maximum atomic E-state index is 14.0. The summed E-state index contributed by atoms with van der Waals surface area (Å²) < 4.78 is 91.8. The van der Waals surface area contributed by atoms with Crippen LogP contribution in [0.5, 0.6) is 11.5 Å². The standard InChI is InChI=1S/C19H18F6O2/c1-11-5-12(2)8-15(7-11)26-18(22,23)17(20,21)19(24,25)27-16-9-13(3)6-14(4)10-16/h5-10H,1-4H3. The summed E-state index contributed by atoms with van der Waals surface area (Å²) in [6, 6.07) is 7.33. The first-order valence-electron chi connectivity index (χ1n) is 7.91. The fraction of sp³-hybridized carbons (Fsp3) is 0.368. The Morgan fingerprint density at radius 2 is 0.778 bits per heavy atom. The molecule has 0 unspecified atom stereocenters. The summed E-state index contributed by atoms with van der Waals surface area (Å²) in [6.07, 6.45) is -11.0. The molecule has 2 nitrogen and oxygen atoms in total. The Morgan fingerprint density at radius 1 is 0.519 bits per heavy atom. The quantitative estimate of drug-likeness (QED) is 0.545. The summed E-state index contributed by atoms with van der Waals surface area (Å²) in [4.78, 5) is 0. The van der Waals surface area contributed by atoms with Gasteiger partial charge in [-0.05, 0) is 74.2 Å². The van der Waals surface area contributed by atoms with E-state index < -0.39 is 29.6 Å². The number of hydrogen-bond acceptors (Lipinski definition) is 2. The Morgan fingerprint density at radius 3 is 1.04 bits per heavy atom. The van der Waals surface area contributed by atoms with Gasteiger partial charge in [0.1, 0.15) is 11.5 Å². The molecule has 148 valence electrons. The van der Waals surface area contributed by atoms with Gasteiger partial charge in [-0.25, -0.2) is 0 Å². The Balaban J connectivity index is 2.31. The SMILES string of the molecule is Cc1cc(C)cc(OC(F)(F)C(F)(F)C(F)(F)Oc2cc(C)cc(C)c2)c1. The second kappa shape index (κ2) is 6.98. The molecule has 0 bridgehead atoms. The molecule has 27 heavy (non-hydrogen) atoms. The molecular weight excluding hydrogens is 374 g/mol. The van der Waals surface area contributed by atoms with Crippen LogP contribution in [0.2, 0.25) is 0 Å². The van der Waals surface area contributed by atoms with Crippen molar-refractivity contribution >= 4 is 0 Å². The molecule has 0 aliphatic heterocycles. The van der Waals surface area contributed by atoms with Crippen molar-refractivity contribution in [2.24, 2.45) is 0 Å². The van der Waals surface area contributed by atoms with Crippen molar-refractivity contribution in [3.63, 3.8) is 0 Å². The van der Waals surface area contributed by atoms with E-state index in [-0.39, 0.29) is 0 Å². The second-order valence-corrected chi connectivity index (χ2v) is 6.46. The highest BCUT2D eigenvalue weighted by atomic mass is 19.4. The number of hydrogen-bond donors (Lipinski definition) is 0. The normalized spacial score (nSPS) is 12.8. The van der Waals surface area contributed by atoms with Crippen LogP contribution in [0.1, 0.15) is 22.3 Å². The minimum Gasteiger partial charge on any atom is -0.428 e. The van der Waals surface area contributed by atoms with Gasteiger partial charge in [0.05, 0.1) is 0 Å². The third-order valence-corrected chi connectivity index (χ3v) is 3.61. The minimum absolute atomic E-state index is 0.447. The van der Waals surface area contributed by atoms with Crippen LogP contribution in [0.4, 0.5) is 26.3 Å². The molecule has 2 rings (SSSR count). The van der Waals surface area contributed by atoms with Crippen molar-refractivity contribution in [3.05, 3.63) is 58.7 Å². The Hall–Kier alpha value is -2.38. The van der Waals surface area contributed by atoms with Crippen molar-refractivity contribution in [3.8, 4) is 11.5 Å². The van der Waals surface area contributed by atoms with Crippen LogP contribution in [0.15, 0.2) is 36.4 Å². The summed E-state index contributed by atoms with van der Waals surface area (Å²) in [5.41, 5.74) is 1.79. The first-order chi connectivity index (χ1) is 12.2. The third-order valence-electron chi connectivity index (χ3n) is 3.61. The maximum absolute atomic E-state index is 14.0. The van der Waals surface area contributed by atoms with Crippen LogP contribution in [0.3, 0.4) is 0 Å². The number of rotatable bonds is 6. The molecule has 0 aliphatic carbocycles. The van der Waals surface area contributed by atoms with Crippen LogP contribution in [-0.4, -0.2) is 18.1 Å². The van der Waals surface area contributed by atoms with E-state index >= 15 is 0 Å². The van der Waals surface area contributed by atoms with E-state index in [1.807, 2.05) is 0 Å². The summed E-state index contributed by atoms with van der Waals surface area (Å²) in [7, 11) is 0. The van der Waals surface area contributed by atoms with Crippen molar-refractivity contribution in [2.75, 3.05) is 0 Å². The van der Waals surface area contributed by atoms with Crippen LogP contribution in [0, 0.1) is 27.7 Å². The molecule has 8 heteroatoms. The Bertz CT molecular complexity index is 725. The van der Waals surface area contributed by atoms with Gasteiger partial charge in [-0.1, -0.05) is 12.1 Å². The monoisotopic (exact) mass is 392 g/mol. The van der Waals surface area contributed by atoms with Gasteiger partial charge in [-0.2, -0.15) is 26.3 Å². The molecule has 2 aromatic rings. The number of alkyl halides is 6. The van der Waals surface area contributed by atoms with E-state index in [2.05, 4.69) is 9.47 Å². The molecule has 0 fully saturated rings. The molecule has 0 amide bonds. The smallest absolute Gasteiger partial charge is 0.428 e. The van der Waals surface area contributed by atoms with Crippen molar-refractivity contribution in [2.45, 2.75) is 45.8 Å². The van der Waals surface area contributed by atoms with E-state index in [9.17, 15) is 26.3 Å². The summed E-state index contributed by atoms with van der Waals surface area (Å²) in [5.74, 6) is -7.24. The van der Waals surface area contributed by atoms with Gasteiger partial charge in [0, 0.05) is 0 Å².